The maximum atomic E-state index is 12.7. The lowest BCUT2D eigenvalue weighted by molar-refractivity contribution is -0.134. The normalized spacial score (nSPS) is 20.6. The van der Waals surface area contributed by atoms with Crippen molar-refractivity contribution in [1.29, 1.82) is 0 Å². The molecule has 3 rings (SSSR count). The molecule has 5 nitrogen and oxygen atoms in total. The zero-order chi connectivity index (χ0) is 18.4. The SMILES string of the molecule is Cl.O=C(NCCC(=O)N1CCNCC1c1cccc(Cl)c1)C1CCCCC1. The van der Waals surface area contributed by atoms with Gasteiger partial charge in [-0.2, -0.15) is 0 Å². The fourth-order valence-corrected chi connectivity index (χ4v) is 4.16. The molecule has 27 heavy (non-hydrogen) atoms. The maximum absolute atomic E-state index is 12.7. The monoisotopic (exact) mass is 413 g/mol. The van der Waals surface area contributed by atoms with Crippen LogP contribution in [0.1, 0.15) is 50.1 Å². The number of hydrogen-bond acceptors (Lipinski definition) is 3. The van der Waals surface area contributed by atoms with Crippen molar-refractivity contribution in [3.05, 3.63) is 34.9 Å². The van der Waals surface area contributed by atoms with Crippen LogP contribution in [0.25, 0.3) is 0 Å². The van der Waals surface area contributed by atoms with E-state index in [1.165, 1.54) is 6.42 Å². The molecule has 0 radical (unpaired) electrons. The molecule has 2 fully saturated rings. The second kappa shape index (κ2) is 10.9. The molecule has 2 aliphatic rings. The summed E-state index contributed by atoms with van der Waals surface area (Å²) in [6.45, 7) is 2.60. The van der Waals surface area contributed by atoms with Crippen LogP contribution in [0.5, 0.6) is 0 Å². The number of nitrogens with zero attached hydrogens (tertiary/aromatic N) is 1. The third-order valence-corrected chi connectivity index (χ3v) is 5.65. The summed E-state index contributed by atoms with van der Waals surface area (Å²) in [5, 5.41) is 6.99. The van der Waals surface area contributed by atoms with E-state index in [4.69, 9.17) is 11.6 Å². The molecular formula is C20H29Cl2N3O2. The zero-order valence-electron chi connectivity index (χ0n) is 15.6. The van der Waals surface area contributed by atoms with Crippen LogP contribution >= 0.6 is 24.0 Å². The van der Waals surface area contributed by atoms with Crippen LogP contribution in [0.2, 0.25) is 5.02 Å². The predicted molar refractivity (Wildman–Crippen MR) is 110 cm³/mol. The first-order valence-electron chi connectivity index (χ1n) is 9.68. The number of hydrogen-bond donors (Lipinski definition) is 2. The van der Waals surface area contributed by atoms with Gasteiger partial charge in [-0.1, -0.05) is 43.0 Å². The molecule has 1 heterocycles. The average Bonchev–Trinajstić information content (AvgIpc) is 2.68. The van der Waals surface area contributed by atoms with Gasteiger partial charge in [0.15, 0.2) is 0 Å². The molecule has 1 aromatic rings. The van der Waals surface area contributed by atoms with Crippen molar-refractivity contribution in [2.75, 3.05) is 26.2 Å². The molecule has 1 aromatic carbocycles. The molecule has 150 valence electrons. The first-order valence-corrected chi connectivity index (χ1v) is 10.1. The topological polar surface area (TPSA) is 61.4 Å². The Morgan fingerprint density at radius 1 is 1.22 bits per heavy atom. The number of benzene rings is 1. The summed E-state index contributed by atoms with van der Waals surface area (Å²) in [6, 6.07) is 7.68. The van der Waals surface area contributed by atoms with Gasteiger partial charge in [-0.25, -0.2) is 0 Å². The van der Waals surface area contributed by atoms with Crippen molar-refractivity contribution >= 4 is 35.8 Å². The van der Waals surface area contributed by atoms with E-state index >= 15 is 0 Å². The Morgan fingerprint density at radius 2 is 2.00 bits per heavy atom. The summed E-state index contributed by atoms with van der Waals surface area (Å²) in [4.78, 5) is 26.9. The molecule has 2 N–H and O–H groups in total. The van der Waals surface area contributed by atoms with E-state index in [0.717, 1.165) is 44.3 Å². The number of nitrogens with one attached hydrogen (secondary N) is 2. The summed E-state index contributed by atoms with van der Waals surface area (Å²) < 4.78 is 0. The highest BCUT2D eigenvalue weighted by atomic mass is 35.5. The average molecular weight is 414 g/mol. The molecule has 1 aliphatic heterocycles. The van der Waals surface area contributed by atoms with Crippen molar-refractivity contribution in [3.8, 4) is 0 Å². The van der Waals surface area contributed by atoms with E-state index in [-0.39, 0.29) is 36.2 Å². The van der Waals surface area contributed by atoms with Crippen molar-refractivity contribution in [2.24, 2.45) is 5.92 Å². The first kappa shape index (κ1) is 22.0. The highest BCUT2D eigenvalue weighted by molar-refractivity contribution is 6.30. The molecule has 1 atom stereocenters. The molecule has 1 saturated heterocycles. The second-order valence-corrected chi connectivity index (χ2v) is 7.67. The second-order valence-electron chi connectivity index (χ2n) is 7.24. The van der Waals surface area contributed by atoms with Crippen molar-refractivity contribution in [1.82, 2.24) is 15.5 Å². The van der Waals surface area contributed by atoms with Crippen molar-refractivity contribution in [3.63, 3.8) is 0 Å². The summed E-state index contributed by atoms with van der Waals surface area (Å²) in [5.74, 6) is 0.335. The van der Waals surface area contributed by atoms with E-state index in [0.29, 0.717) is 24.5 Å². The minimum Gasteiger partial charge on any atom is -0.355 e. The smallest absolute Gasteiger partial charge is 0.224 e. The first-order chi connectivity index (χ1) is 12.6. The number of amides is 2. The molecule has 7 heteroatoms. The maximum Gasteiger partial charge on any atom is 0.224 e. The predicted octanol–water partition coefficient (Wildman–Crippen LogP) is 3.32. The summed E-state index contributed by atoms with van der Waals surface area (Å²) in [7, 11) is 0. The lowest BCUT2D eigenvalue weighted by atomic mass is 9.89. The molecular weight excluding hydrogens is 385 g/mol. The van der Waals surface area contributed by atoms with Crippen LogP contribution < -0.4 is 10.6 Å². The standard InChI is InChI=1S/C20H28ClN3O2.ClH/c21-17-8-4-7-16(13-17)18-14-22-11-12-24(18)19(25)9-10-23-20(26)15-5-2-1-3-6-15;/h4,7-8,13,15,18,22H,1-3,5-6,9-12,14H2,(H,23,26);1H. The van der Waals surface area contributed by atoms with Crippen LogP contribution in [-0.2, 0) is 9.59 Å². The number of carbonyl (C=O) groups is 2. The summed E-state index contributed by atoms with van der Waals surface area (Å²) in [6.07, 6.45) is 5.81. The minimum absolute atomic E-state index is 0. The number of rotatable bonds is 5. The van der Waals surface area contributed by atoms with Gasteiger partial charge in [0, 0.05) is 43.5 Å². The molecule has 1 saturated carbocycles. The molecule has 0 aromatic heterocycles. The van der Waals surface area contributed by atoms with Gasteiger partial charge in [0.1, 0.15) is 0 Å². The molecule has 0 spiro atoms. The van der Waals surface area contributed by atoms with Crippen LogP contribution in [0.15, 0.2) is 24.3 Å². The van der Waals surface area contributed by atoms with Crippen LogP contribution in [0.3, 0.4) is 0 Å². The van der Waals surface area contributed by atoms with Gasteiger partial charge in [-0.3, -0.25) is 9.59 Å². The molecule has 0 bridgehead atoms. The summed E-state index contributed by atoms with van der Waals surface area (Å²) in [5.41, 5.74) is 1.05. The Kier molecular flexibility index (Phi) is 8.87. The Balaban J connectivity index is 0.00000261. The highest BCUT2D eigenvalue weighted by Gasteiger charge is 2.28. The van der Waals surface area contributed by atoms with Gasteiger partial charge in [0.05, 0.1) is 6.04 Å². The lowest BCUT2D eigenvalue weighted by Crippen LogP contribution is -2.49. The van der Waals surface area contributed by atoms with Crippen LogP contribution in [-0.4, -0.2) is 42.9 Å². The third-order valence-electron chi connectivity index (χ3n) is 5.41. The van der Waals surface area contributed by atoms with Crippen LogP contribution in [0.4, 0.5) is 0 Å². The highest BCUT2D eigenvalue weighted by Crippen LogP contribution is 2.26. The van der Waals surface area contributed by atoms with Crippen LogP contribution in [0, 0.1) is 5.92 Å². The summed E-state index contributed by atoms with van der Waals surface area (Å²) >= 11 is 6.11. The Labute approximate surface area is 172 Å². The third kappa shape index (κ3) is 6.09. The Bertz CT molecular complexity index is 635. The fraction of sp³-hybridized carbons (Fsp3) is 0.600. The molecule has 1 aliphatic carbocycles. The van der Waals surface area contributed by atoms with E-state index in [1.807, 2.05) is 29.2 Å². The largest absolute Gasteiger partial charge is 0.355 e. The zero-order valence-corrected chi connectivity index (χ0v) is 17.2. The number of piperazine rings is 1. The van der Waals surface area contributed by atoms with Gasteiger partial charge in [0.2, 0.25) is 11.8 Å². The molecule has 1 unspecified atom stereocenters. The number of carbonyl (C=O) groups excluding carboxylic acids is 2. The lowest BCUT2D eigenvalue weighted by Gasteiger charge is -2.36. The van der Waals surface area contributed by atoms with E-state index in [9.17, 15) is 9.59 Å². The molecule has 2 amide bonds. The fourth-order valence-electron chi connectivity index (χ4n) is 3.96. The minimum atomic E-state index is -0.0102. The van der Waals surface area contributed by atoms with E-state index in [1.54, 1.807) is 0 Å². The quantitative estimate of drug-likeness (QED) is 0.777. The van der Waals surface area contributed by atoms with Gasteiger partial charge in [-0.15, -0.1) is 12.4 Å². The Hall–Kier alpha value is -1.30. The van der Waals surface area contributed by atoms with Gasteiger partial charge in [-0.05, 0) is 30.5 Å². The van der Waals surface area contributed by atoms with Crippen molar-refractivity contribution in [2.45, 2.75) is 44.6 Å². The number of halogens is 2. The van der Waals surface area contributed by atoms with Gasteiger partial charge < -0.3 is 15.5 Å². The van der Waals surface area contributed by atoms with Crippen molar-refractivity contribution < 1.29 is 9.59 Å². The Morgan fingerprint density at radius 3 is 2.74 bits per heavy atom. The van der Waals surface area contributed by atoms with E-state index < -0.39 is 0 Å². The van der Waals surface area contributed by atoms with Gasteiger partial charge in [0.25, 0.3) is 0 Å². The van der Waals surface area contributed by atoms with E-state index in [2.05, 4.69) is 10.6 Å². The van der Waals surface area contributed by atoms with Gasteiger partial charge >= 0.3 is 0 Å².